The number of benzene rings is 2. The van der Waals surface area contributed by atoms with Gasteiger partial charge in [0.05, 0.1) is 0 Å². The van der Waals surface area contributed by atoms with Crippen LogP contribution in [0.25, 0.3) is 0 Å². The molecule has 1 unspecified atom stereocenters. The van der Waals surface area contributed by atoms with Gasteiger partial charge in [-0.15, -0.1) is 0 Å². The lowest BCUT2D eigenvalue weighted by Crippen LogP contribution is -2.14. The molecule has 0 spiro atoms. The zero-order valence-corrected chi connectivity index (χ0v) is 10.7. The fourth-order valence-electron chi connectivity index (χ4n) is 1.91. The number of rotatable bonds is 3. The molecule has 88 valence electrons. The molecule has 17 heavy (non-hydrogen) atoms. The third-order valence-electron chi connectivity index (χ3n) is 2.78. The summed E-state index contributed by atoms with van der Waals surface area (Å²) in [7, 11) is 0. The van der Waals surface area contributed by atoms with Crippen molar-refractivity contribution in [2.24, 2.45) is 5.73 Å². The van der Waals surface area contributed by atoms with E-state index in [1.165, 1.54) is 5.56 Å². The van der Waals surface area contributed by atoms with E-state index in [1.807, 2.05) is 30.3 Å². The molecule has 1 nitrogen and oxygen atoms in total. The van der Waals surface area contributed by atoms with Crippen LogP contribution in [0, 0.1) is 0 Å². The van der Waals surface area contributed by atoms with Crippen LogP contribution in [0.5, 0.6) is 0 Å². The maximum atomic E-state index is 6.21. The van der Waals surface area contributed by atoms with Gasteiger partial charge in [0.15, 0.2) is 0 Å². The minimum Gasteiger partial charge on any atom is -0.330 e. The zero-order valence-electron chi connectivity index (χ0n) is 9.24. The van der Waals surface area contributed by atoms with Gasteiger partial charge in [0.2, 0.25) is 0 Å². The highest BCUT2D eigenvalue weighted by atomic mass is 35.5. The summed E-state index contributed by atoms with van der Waals surface area (Å²) in [6.07, 6.45) is 0. The first-order chi connectivity index (χ1) is 8.22. The van der Waals surface area contributed by atoms with Gasteiger partial charge in [-0.25, -0.2) is 0 Å². The molecule has 2 rings (SSSR count). The van der Waals surface area contributed by atoms with E-state index in [1.54, 1.807) is 6.07 Å². The Morgan fingerprint density at radius 3 is 2.29 bits per heavy atom. The molecule has 2 N–H and O–H groups in total. The van der Waals surface area contributed by atoms with E-state index >= 15 is 0 Å². The maximum absolute atomic E-state index is 6.21. The van der Waals surface area contributed by atoms with Crippen molar-refractivity contribution in [3.05, 3.63) is 69.7 Å². The molecule has 0 heterocycles. The lowest BCUT2D eigenvalue weighted by Gasteiger charge is -2.17. The van der Waals surface area contributed by atoms with Crippen LogP contribution in [0.1, 0.15) is 17.0 Å². The van der Waals surface area contributed by atoms with Crippen molar-refractivity contribution >= 4 is 23.2 Å². The monoisotopic (exact) mass is 265 g/mol. The molecule has 0 amide bonds. The number of hydrogen-bond donors (Lipinski definition) is 1. The standard InChI is InChI=1S/C14H13Cl2N/c15-11-6-7-12(14(16)8-11)13(9-17)10-4-2-1-3-5-10/h1-8,13H,9,17H2. The first-order valence-corrected chi connectivity index (χ1v) is 6.18. The van der Waals surface area contributed by atoms with Crippen LogP contribution in [0.15, 0.2) is 48.5 Å². The second-order valence-electron chi connectivity index (χ2n) is 3.86. The van der Waals surface area contributed by atoms with E-state index < -0.39 is 0 Å². The highest BCUT2D eigenvalue weighted by Gasteiger charge is 2.15. The molecule has 0 saturated carbocycles. The molecule has 0 aliphatic carbocycles. The third-order valence-corrected chi connectivity index (χ3v) is 3.34. The Morgan fingerprint density at radius 2 is 1.71 bits per heavy atom. The Kier molecular flexibility index (Phi) is 4.06. The van der Waals surface area contributed by atoms with Crippen LogP contribution < -0.4 is 5.73 Å². The average molecular weight is 266 g/mol. The normalized spacial score (nSPS) is 12.4. The summed E-state index contributed by atoms with van der Waals surface area (Å²) in [5, 5.41) is 1.30. The van der Waals surface area contributed by atoms with Crippen molar-refractivity contribution in [2.75, 3.05) is 6.54 Å². The van der Waals surface area contributed by atoms with Crippen molar-refractivity contribution in [1.82, 2.24) is 0 Å². The summed E-state index contributed by atoms with van der Waals surface area (Å²) in [5.74, 6) is 0.112. The third kappa shape index (κ3) is 2.81. The van der Waals surface area contributed by atoms with E-state index in [2.05, 4.69) is 12.1 Å². The van der Waals surface area contributed by atoms with Gasteiger partial charge in [-0.2, -0.15) is 0 Å². The molecular formula is C14H13Cl2N. The van der Waals surface area contributed by atoms with Crippen molar-refractivity contribution < 1.29 is 0 Å². The summed E-state index contributed by atoms with van der Waals surface area (Å²) < 4.78 is 0. The first-order valence-electron chi connectivity index (χ1n) is 5.42. The van der Waals surface area contributed by atoms with Crippen molar-refractivity contribution in [3.63, 3.8) is 0 Å². The van der Waals surface area contributed by atoms with E-state index in [0.717, 1.165) is 5.56 Å². The zero-order chi connectivity index (χ0) is 12.3. The Bertz CT molecular complexity index is 497. The molecule has 0 fully saturated rings. The minimum absolute atomic E-state index is 0.112. The average Bonchev–Trinajstić information content (AvgIpc) is 2.34. The predicted octanol–water partition coefficient (Wildman–Crippen LogP) is 4.08. The van der Waals surface area contributed by atoms with E-state index in [4.69, 9.17) is 28.9 Å². The lowest BCUT2D eigenvalue weighted by molar-refractivity contribution is 0.819. The van der Waals surface area contributed by atoms with Crippen LogP contribution in [0.3, 0.4) is 0 Å². The molecule has 0 saturated heterocycles. The summed E-state index contributed by atoms with van der Waals surface area (Å²) in [6.45, 7) is 0.519. The van der Waals surface area contributed by atoms with Gasteiger partial charge in [-0.1, -0.05) is 59.6 Å². The van der Waals surface area contributed by atoms with Crippen LogP contribution in [-0.2, 0) is 0 Å². The molecule has 2 aromatic carbocycles. The molecular weight excluding hydrogens is 253 g/mol. The van der Waals surface area contributed by atoms with E-state index in [0.29, 0.717) is 16.6 Å². The Morgan fingerprint density at radius 1 is 1.00 bits per heavy atom. The van der Waals surface area contributed by atoms with E-state index in [-0.39, 0.29) is 5.92 Å². The fourth-order valence-corrected chi connectivity index (χ4v) is 2.45. The molecule has 0 radical (unpaired) electrons. The topological polar surface area (TPSA) is 26.0 Å². The summed E-state index contributed by atoms with van der Waals surface area (Å²) in [5.41, 5.74) is 8.04. The van der Waals surface area contributed by atoms with Crippen LogP contribution in [-0.4, -0.2) is 6.54 Å². The molecule has 1 atom stereocenters. The second kappa shape index (κ2) is 5.54. The number of nitrogens with two attached hydrogens (primary N) is 1. The van der Waals surface area contributed by atoms with Gasteiger partial charge in [0.1, 0.15) is 0 Å². The maximum Gasteiger partial charge on any atom is 0.0459 e. The summed E-state index contributed by atoms with van der Waals surface area (Å²) in [6, 6.07) is 15.6. The van der Waals surface area contributed by atoms with Crippen molar-refractivity contribution in [3.8, 4) is 0 Å². The molecule has 0 aliphatic rings. The molecule has 0 aromatic heterocycles. The molecule has 0 aliphatic heterocycles. The SMILES string of the molecule is NCC(c1ccccc1)c1ccc(Cl)cc1Cl. The summed E-state index contributed by atoms with van der Waals surface area (Å²) in [4.78, 5) is 0. The molecule has 2 aromatic rings. The van der Waals surface area contributed by atoms with Gasteiger partial charge in [-0.05, 0) is 23.3 Å². The van der Waals surface area contributed by atoms with Crippen LogP contribution >= 0.6 is 23.2 Å². The van der Waals surface area contributed by atoms with Gasteiger partial charge < -0.3 is 5.73 Å². The summed E-state index contributed by atoms with van der Waals surface area (Å²) >= 11 is 12.1. The Hall–Kier alpha value is -1.02. The van der Waals surface area contributed by atoms with E-state index in [9.17, 15) is 0 Å². The van der Waals surface area contributed by atoms with Gasteiger partial charge in [0.25, 0.3) is 0 Å². The molecule has 3 heteroatoms. The van der Waals surface area contributed by atoms with Crippen molar-refractivity contribution in [1.29, 1.82) is 0 Å². The highest BCUT2D eigenvalue weighted by Crippen LogP contribution is 2.31. The lowest BCUT2D eigenvalue weighted by atomic mass is 9.91. The van der Waals surface area contributed by atoms with Gasteiger partial charge in [-0.3, -0.25) is 0 Å². The quantitative estimate of drug-likeness (QED) is 0.889. The largest absolute Gasteiger partial charge is 0.330 e. The van der Waals surface area contributed by atoms with Gasteiger partial charge >= 0.3 is 0 Å². The minimum atomic E-state index is 0.112. The Balaban J connectivity index is 2.42. The number of halogens is 2. The van der Waals surface area contributed by atoms with Crippen molar-refractivity contribution in [2.45, 2.75) is 5.92 Å². The molecule has 0 bridgehead atoms. The van der Waals surface area contributed by atoms with Crippen LogP contribution in [0.4, 0.5) is 0 Å². The Labute approximate surface area is 111 Å². The van der Waals surface area contributed by atoms with Crippen LogP contribution in [0.2, 0.25) is 10.0 Å². The fraction of sp³-hybridized carbons (Fsp3) is 0.143. The van der Waals surface area contributed by atoms with Gasteiger partial charge in [0, 0.05) is 22.5 Å². The first kappa shape index (κ1) is 12.4. The smallest absolute Gasteiger partial charge is 0.0459 e. The second-order valence-corrected chi connectivity index (χ2v) is 4.71. The predicted molar refractivity (Wildman–Crippen MR) is 73.8 cm³/mol. The number of hydrogen-bond acceptors (Lipinski definition) is 1. The highest BCUT2D eigenvalue weighted by molar-refractivity contribution is 6.35.